The molecule has 0 aliphatic heterocycles. The molecular weight excluding hydrogens is 200 g/mol. The molecule has 1 amide bonds. The molecule has 15 heavy (non-hydrogen) atoms. The minimum Gasteiger partial charge on any atom is -0.507 e. The molecule has 1 aromatic rings. The first kappa shape index (κ1) is 11.3. The van der Waals surface area contributed by atoms with Gasteiger partial charge in [-0.05, 0) is 13.8 Å². The molecule has 1 rings (SSSR count). The van der Waals surface area contributed by atoms with Crippen molar-refractivity contribution in [3.05, 3.63) is 27.7 Å². The Morgan fingerprint density at radius 2 is 2.20 bits per heavy atom. The van der Waals surface area contributed by atoms with Gasteiger partial charge in [-0.3, -0.25) is 14.8 Å². The molecule has 6 heteroatoms. The number of amides is 1. The third-order valence-corrected chi connectivity index (χ3v) is 2.13. The molecule has 0 saturated heterocycles. The zero-order valence-corrected chi connectivity index (χ0v) is 8.44. The van der Waals surface area contributed by atoms with E-state index in [1.807, 2.05) is 0 Å². The number of nitrogens with one attached hydrogen (secondary N) is 1. The molecule has 3 N–H and O–H groups in total. The van der Waals surface area contributed by atoms with Crippen molar-refractivity contribution in [3.8, 4) is 5.75 Å². The number of aromatic hydroxyl groups is 1. The second-order valence-corrected chi connectivity index (χ2v) is 3.04. The SMILES string of the molecule is CCn1c(C)cc(O)c(C(=O)NO)c1=O. The molecule has 1 aromatic heterocycles. The average Bonchev–Trinajstić information content (AvgIpc) is 2.17. The van der Waals surface area contributed by atoms with Gasteiger partial charge >= 0.3 is 0 Å². The lowest BCUT2D eigenvalue weighted by molar-refractivity contribution is 0.0701. The van der Waals surface area contributed by atoms with Gasteiger partial charge in [0.2, 0.25) is 0 Å². The predicted octanol–water partition coefficient (Wildman–Crippen LogP) is 0.00122. The first-order valence-electron chi connectivity index (χ1n) is 4.40. The maximum absolute atomic E-state index is 11.7. The van der Waals surface area contributed by atoms with E-state index >= 15 is 0 Å². The summed E-state index contributed by atoms with van der Waals surface area (Å²) < 4.78 is 1.32. The highest BCUT2D eigenvalue weighted by Gasteiger charge is 2.18. The topological polar surface area (TPSA) is 91.6 Å². The van der Waals surface area contributed by atoms with Gasteiger partial charge in [0, 0.05) is 18.3 Å². The van der Waals surface area contributed by atoms with Crippen LogP contribution < -0.4 is 11.0 Å². The number of carbonyl (C=O) groups is 1. The van der Waals surface area contributed by atoms with Gasteiger partial charge in [0.15, 0.2) is 0 Å². The van der Waals surface area contributed by atoms with Gasteiger partial charge in [-0.25, -0.2) is 5.48 Å². The number of hydrogen-bond acceptors (Lipinski definition) is 4. The summed E-state index contributed by atoms with van der Waals surface area (Å²) in [6.07, 6.45) is 0. The summed E-state index contributed by atoms with van der Waals surface area (Å²) in [5.41, 5.74) is 0.795. The Labute approximate surface area is 85.7 Å². The van der Waals surface area contributed by atoms with Crippen molar-refractivity contribution in [2.45, 2.75) is 20.4 Å². The average molecular weight is 212 g/mol. The smallest absolute Gasteiger partial charge is 0.284 e. The molecule has 0 unspecified atom stereocenters. The minimum atomic E-state index is -1.01. The molecule has 0 radical (unpaired) electrons. The van der Waals surface area contributed by atoms with Crippen molar-refractivity contribution in [1.29, 1.82) is 0 Å². The largest absolute Gasteiger partial charge is 0.507 e. The third kappa shape index (κ3) is 1.84. The van der Waals surface area contributed by atoms with Crippen molar-refractivity contribution in [3.63, 3.8) is 0 Å². The highest BCUT2D eigenvalue weighted by Crippen LogP contribution is 2.14. The third-order valence-electron chi connectivity index (χ3n) is 2.13. The van der Waals surface area contributed by atoms with E-state index < -0.39 is 22.8 Å². The Hall–Kier alpha value is -1.82. The molecule has 0 saturated carbocycles. The van der Waals surface area contributed by atoms with Gasteiger partial charge in [-0.15, -0.1) is 0 Å². The molecular formula is C9H12N2O4. The van der Waals surface area contributed by atoms with E-state index in [0.717, 1.165) is 0 Å². The van der Waals surface area contributed by atoms with Gasteiger partial charge in [0.25, 0.3) is 11.5 Å². The second-order valence-electron chi connectivity index (χ2n) is 3.04. The van der Waals surface area contributed by atoms with E-state index in [2.05, 4.69) is 0 Å². The fourth-order valence-electron chi connectivity index (χ4n) is 1.41. The molecule has 6 nitrogen and oxygen atoms in total. The Bertz CT molecular complexity index is 450. The van der Waals surface area contributed by atoms with Crippen LogP contribution in [0.1, 0.15) is 23.0 Å². The summed E-state index contributed by atoms with van der Waals surface area (Å²) in [5, 5.41) is 17.8. The summed E-state index contributed by atoms with van der Waals surface area (Å²) >= 11 is 0. The number of hydrogen-bond donors (Lipinski definition) is 3. The van der Waals surface area contributed by atoms with Crippen LogP contribution in [0.15, 0.2) is 10.9 Å². The molecule has 0 fully saturated rings. The summed E-state index contributed by atoms with van der Waals surface area (Å²) in [7, 11) is 0. The van der Waals surface area contributed by atoms with Crippen LogP contribution in [-0.2, 0) is 6.54 Å². The Morgan fingerprint density at radius 3 is 2.67 bits per heavy atom. The normalized spacial score (nSPS) is 10.1. The van der Waals surface area contributed by atoms with Crippen LogP contribution in [0.3, 0.4) is 0 Å². The van der Waals surface area contributed by atoms with E-state index in [0.29, 0.717) is 12.2 Å². The molecule has 0 spiro atoms. The van der Waals surface area contributed by atoms with Crippen LogP contribution in [0.2, 0.25) is 0 Å². The predicted molar refractivity (Wildman–Crippen MR) is 52.0 cm³/mol. The number of rotatable bonds is 2. The second kappa shape index (κ2) is 4.14. The minimum absolute atomic E-state index is 0.386. The number of nitrogens with zero attached hydrogens (tertiary/aromatic N) is 1. The Balaban J connectivity index is 3.53. The molecule has 0 aliphatic carbocycles. The van der Waals surface area contributed by atoms with Crippen molar-refractivity contribution in [2.75, 3.05) is 0 Å². The van der Waals surface area contributed by atoms with Crippen molar-refractivity contribution in [1.82, 2.24) is 10.0 Å². The molecule has 82 valence electrons. The fourth-order valence-corrected chi connectivity index (χ4v) is 1.41. The van der Waals surface area contributed by atoms with Gasteiger partial charge in [0.1, 0.15) is 11.3 Å². The van der Waals surface area contributed by atoms with Gasteiger partial charge in [-0.2, -0.15) is 0 Å². The number of aryl methyl sites for hydroxylation is 1. The van der Waals surface area contributed by atoms with E-state index in [4.69, 9.17) is 5.21 Å². The zero-order chi connectivity index (χ0) is 11.6. The highest BCUT2D eigenvalue weighted by atomic mass is 16.5. The van der Waals surface area contributed by atoms with Crippen LogP contribution >= 0.6 is 0 Å². The highest BCUT2D eigenvalue weighted by molar-refractivity contribution is 5.95. The van der Waals surface area contributed by atoms with Crippen LogP contribution in [0.5, 0.6) is 5.75 Å². The molecule has 0 atom stereocenters. The molecule has 0 aliphatic rings. The number of carbonyl (C=O) groups excluding carboxylic acids is 1. The van der Waals surface area contributed by atoms with Crippen LogP contribution in [0.4, 0.5) is 0 Å². The lowest BCUT2D eigenvalue weighted by Crippen LogP contribution is -2.32. The maximum atomic E-state index is 11.7. The first-order valence-corrected chi connectivity index (χ1v) is 4.40. The van der Waals surface area contributed by atoms with Crippen LogP contribution in [-0.4, -0.2) is 20.8 Å². The van der Waals surface area contributed by atoms with Crippen LogP contribution in [0, 0.1) is 6.92 Å². The van der Waals surface area contributed by atoms with E-state index in [-0.39, 0.29) is 0 Å². The van der Waals surface area contributed by atoms with E-state index in [1.165, 1.54) is 16.1 Å². The summed E-state index contributed by atoms with van der Waals surface area (Å²) in [5.74, 6) is -1.45. The summed E-state index contributed by atoms with van der Waals surface area (Å²) in [6.45, 7) is 3.77. The van der Waals surface area contributed by atoms with Crippen molar-refractivity contribution in [2.24, 2.45) is 0 Å². The Kier molecular flexibility index (Phi) is 3.11. The fraction of sp³-hybridized carbons (Fsp3) is 0.333. The van der Waals surface area contributed by atoms with E-state index in [9.17, 15) is 14.7 Å². The molecule has 0 aromatic carbocycles. The number of hydroxylamine groups is 1. The Morgan fingerprint density at radius 1 is 1.60 bits per heavy atom. The van der Waals surface area contributed by atoms with E-state index in [1.54, 1.807) is 13.8 Å². The van der Waals surface area contributed by atoms with Crippen LogP contribution in [0.25, 0.3) is 0 Å². The molecule has 1 heterocycles. The summed E-state index contributed by atoms with van der Waals surface area (Å²) in [4.78, 5) is 22.8. The monoisotopic (exact) mass is 212 g/mol. The number of aromatic nitrogens is 1. The number of pyridine rings is 1. The maximum Gasteiger partial charge on any atom is 0.284 e. The van der Waals surface area contributed by atoms with Gasteiger partial charge < -0.3 is 9.67 Å². The van der Waals surface area contributed by atoms with Crippen molar-refractivity contribution < 1.29 is 15.1 Å². The van der Waals surface area contributed by atoms with Gasteiger partial charge in [0.05, 0.1) is 0 Å². The standard InChI is InChI=1S/C9H12N2O4/c1-3-11-5(2)4-6(12)7(9(11)14)8(13)10-15/h4,12,15H,3H2,1-2H3,(H,10,13). The lowest BCUT2D eigenvalue weighted by Gasteiger charge is -2.10. The zero-order valence-electron chi connectivity index (χ0n) is 8.44. The quantitative estimate of drug-likeness (QED) is 0.475. The lowest BCUT2D eigenvalue weighted by atomic mass is 10.2. The first-order chi connectivity index (χ1) is 7.02. The van der Waals surface area contributed by atoms with Crippen molar-refractivity contribution >= 4 is 5.91 Å². The molecule has 0 bridgehead atoms. The summed E-state index contributed by atoms with van der Waals surface area (Å²) in [6, 6.07) is 1.30. The van der Waals surface area contributed by atoms with Gasteiger partial charge in [-0.1, -0.05) is 0 Å².